The molecule has 0 aliphatic heterocycles. The number of alkyl halides is 4. The summed E-state index contributed by atoms with van der Waals surface area (Å²) in [7, 11) is 0. The van der Waals surface area contributed by atoms with Crippen LogP contribution in [0, 0.1) is 0 Å². The van der Waals surface area contributed by atoms with Crippen molar-refractivity contribution < 1.29 is 13.2 Å². The van der Waals surface area contributed by atoms with Crippen LogP contribution in [0.4, 0.5) is 13.2 Å². The summed E-state index contributed by atoms with van der Waals surface area (Å²) in [5.41, 5.74) is 0.612. The molecule has 90 valence electrons. The lowest BCUT2D eigenvalue weighted by Crippen LogP contribution is -2.03. The van der Waals surface area contributed by atoms with Crippen LogP contribution in [0.2, 0.25) is 0 Å². The standard InChI is InChI=1S/C11H8ClF3N2/c12-5-8-2-1-3-10(4-8)17-7-9(6-16-17)11(13,14)15/h1-4,6-7H,5H2. The van der Waals surface area contributed by atoms with Gasteiger partial charge in [-0.1, -0.05) is 12.1 Å². The molecule has 0 fully saturated rings. The number of hydrogen-bond donors (Lipinski definition) is 0. The number of halogens is 4. The summed E-state index contributed by atoms with van der Waals surface area (Å²) in [6.07, 6.45) is -2.62. The van der Waals surface area contributed by atoms with Crippen LogP contribution in [-0.4, -0.2) is 9.78 Å². The van der Waals surface area contributed by atoms with E-state index in [1.807, 2.05) is 0 Å². The zero-order valence-electron chi connectivity index (χ0n) is 8.58. The lowest BCUT2D eigenvalue weighted by molar-refractivity contribution is -0.137. The van der Waals surface area contributed by atoms with Gasteiger partial charge in [-0.25, -0.2) is 4.68 Å². The highest BCUT2D eigenvalue weighted by Gasteiger charge is 2.32. The molecule has 6 heteroatoms. The van der Waals surface area contributed by atoms with E-state index in [0.29, 0.717) is 11.6 Å². The van der Waals surface area contributed by atoms with Crippen LogP contribution >= 0.6 is 11.6 Å². The van der Waals surface area contributed by atoms with Gasteiger partial charge in [0.25, 0.3) is 0 Å². The largest absolute Gasteiger partial charge is 0.419 e. The molecule has 1 aromatic carbocycles. The molecule has 2 aromatic rings. The number of aromatic nitrogens is 2. The van der Waals surface area contributed by atoms with Crippen molar-refractivity contribution in [2.45, 2.75) is 12.1 Å². The Kier molecular flexibility index (Phi) is 3.11. The molecule has 0 aliphatic carbocycles. The first kappa shape index (κ1) is 12.0. The molecule has 0 radical (unpaired) electrons. The summed E-state index contributed by atoms with van der Waals surface area (Å²) in [5, 5.41) is 3.68. The molecule has 2 nitrogen and oxygen atoms in total. The Balaban J connectivity index is 2.37. The van der Waals surface area contributed by atoms with E-state index >= 15 is 0 Å². The predicted octanol–water partition coefficient (Wildman–Crippen LogP) is 3.63. The molecule has 0 saturated heterocycles. The van der Waals surface area contributed by atoms with E-state index in [9.17, 15) is 13.2 Å². The van der Waals surface area contributed by atoms with Crippen molar-refractivity contribution >= 4 is 11.6 Å². The van der Waals surface area contributed by atoms with Crippen molar-refractivity contribution in [1.82, 2.24) is 9.78 Å². The summed E-state index contributed by atoms with van der Waals surface area (Å²) in [4.78, 5) is 0. The fraction of sp³-hybridized carbons (Fsp3) is 0.182. The van der Waals surface area contributed by atoms with Crippen molar-refractivity contribution in [1.29, 1.82) is 0 Å². The molecule has 0 bridgehead atoms. The number of benzene rings is 1. The van der Waals surface area contributed by atoms with E-state index in [1.165, 1.54) is 4.68 Å². The Morgan fingerprint density at radius 3 is 2.65 bits per heavy atom. The van der Waals surface area contributed by atoms with Gasteiger partial charge in [0, 0.05) is 12.1 Å². The minimum absolute atomic E-state index is 0.307. The lowest BCUT2D eigenvalue weighted by atomic mass is 10.2. The van der Waals surface area contributed by atoms with Crippen LogP contribution in [0.3, 0.4) is 0 Å². The Morgan fingerprint density at radius 2 is 2.06 bits per heavy atom. The molecule has 0 N–H and O–H groups in total. The third kappa shape index (κ3) is 2.61. The average molecular weight is 261 g/mol. The van der Waals surface area contributed by atoms with Crippen LogP contribution in [0.25, 0.3) is 5.69 Å². The first-order valence-electron chi connectivity index (χ1n) is 4.78. The molecule has 1 aromatic heterocycles. The lowest BCUT2D eigenvalue weighted by Gasteiger charge is -2.03. The van der Waals surface area contributed by atoms with Crippen molar-refractivity contribution in [2.75, 3.05) is 0 Å². The molecule has 2 rings (SSSR count). The monoisotopic (exact) mass is 260 g/mol. The zero-order chi connectivity index (χ0) is 12.5. The molecule has 1 heterocycles. The van der Waals surface area contributed by atoms with Crippen molar-refractivity contribution in [3.63, 3.8) is 0 Å². The molecule has 0 atom stereocenters. The maximum Gasteiger partial charge on any atom is 0.419 e. The quantitative estimate of drug-likeness (QED) is 0.754. The van der Waals surface area contributed by atoms with Crippen LogP contribution in [-0.2, 0) is 12.1 Å². The van der Waals surface area contributed by atoms with Gasteiger partial charge in [0.05, 0.1) is 17.4 Å². The van der Waals surface area contributed by atoms with Crippen molar-refractivity contribution in [3.8, 4) is 5.69 Å². The fourth-order valence-electron chi connectivity index (χ4n) is 1.39. The molecule has 0 spiro atoms. The molecular weight excluding hydrogens is 253 g/mol. The summed E-state index contributed by atoms with van der Waals surface area (Å²) in [6.45, 7) is 0. The van der Waals surface area contributed by atoms with Gasteiger partial charge >= 0.3 is 6.18 Å². The second kappa shape index (κ2) is 4.41. The van der Waals surface area contributed by atoms with Crippen molar-refractivity contribution in [2.24, 2.45) is 0 Å². The topological polar surface area (TPSA) is 17.8 Å². The normalized spacial score (nSPS) is 11.8. The molecule has 17 heavy (non-hydrogen) atoms. The molecular formula is C11H8ClF3N2. The first-order chi connectivity index (χ1) is 8.00. The van der Waals surface area contributed by atoms with Crippen LogP contribution in [0.1, 0.15) is 11.1 Å². The van der Waals surface area contributed by atoms with Gasteiger partial charge in [0.15, 0.2) is 0 Å². The minimum Gasteiger partial charge on any atom is -0.240 e. The van der Waals surface area contributed by atoms with E-state index in [1.54, 1.807) is 24.3 Å². The van der Waals surface area contributed by atoms with Gasteiger partial charge in [0.2, 0.25) is 0 Å². The van der Waals surface area contributed by atoms with Gasteiger partial charge in [-0.2, -0.15) is 18.3 Å². The Labute approximate surface area is 101 Å². The van der Waals surface area contributed by atoms with Gasteiger partial charge in [-0.15, -0.1) is 11.6 Å². The molecule has 0 aliphatic rings. The average Bonchev–Trinajstić information content (AvgIpc) is 2.78. The summed E-state index contributed by atoms with van der Waals surface area (Å²) >= 11 is 5.65. The van der Waals surface area contributed by atoms with E-state index < -0.39 is 11.7 Å². The van der Waals surface area contributed by atoms with Crippen LogP contribution in [0.15, 0.2) is 36.7 Å². The predicted molar refractivity (Wildman–Crippen MR) is 58.1 cm³/mol. The maximum absolute atomic E-state index is 12.4. The number of rotatable bonds is 2. The van der Waals surface area contributed by atoms with Gasteiger partial charge in [-0.05, 0) is 17.7 Å². The highest BCUT2D eigenvalue weighted by molar-refractivity contribution is 6.17. The summed E-state index contributed by atoms with van der Waals surface area (Å²) in [5.74, 6) is 0.307. The first-order valence-corrected chi connectivity index (χ1v) is 5.31. The fourth-order valence-corrected chi connectivity index (χ4v) is 1.56. The SMILES string of the molecule is FC(F)(F)c1cnn(-c2cccc(CCl)c2)c1. The van der Waals surface area contributed by atoms with E-state index in [2.05, 4.69) is 5.10 Å². The Bertz CT molecular complexity index is 519. The summed E-state index contributed by atoms with van der Waals surface area (Å²) < 4.78 is 38.3. The number of hydrogen-bond acceptors (Lipinski definition) is 1. The molecule has 0 amide bonds. The third-order valence-corrected chi connectivity index (χ3v) is 2.55. The highest BCUT2D eigenvalue weighted by Crippen LogP contribution is 2.29. The Hall–Kier alpha value is -1.49. The third-order valence-electron chi connectivity index (χ3n) is 2.24. The Morgan fingerprint density at radius 1 is 1.29 bits per heavy atom. The van der Waals surface area contributed by atoms with Gasteiger partial charge in [0.1, 0.15) is 0 Å². The highest BCUT2D eigenvalue weighted by atomic mass is 35.5. The van der Waals surface area contributed by atoms with Crippen LogP contribution < -0.4 is 0 Å². The summed E-state index contributed by atoms with van der Waals surface area (Å²) in [6, 6.07) is 6.88. The second-order valence-corrected chi connectivity index (χ2v) is 3.74. The van der Waals surface area contributed by atoms with E-state index in [0.717, 1.165) is 18.0 Å². The molecule has 0 unspecified atom stereocenters. The van der Waals surface area contributed by atoms with Gasteiger partial charge in [-0.3, -0.25) is 0 Å². The zero-order valence-corrected chi connectivity index (χ0v) is 9.33. The van der Waals surface area contributed by atoms with Gasteiger partial charge < -0.3 is 0 Å². The molecule has 0 saturated carbocycles. The number of nitrogens with zero attached hydrogens (tertiary/aromatic N) is 2. The second-order valence-electron chi connectivity index (χ2n) is 3.47. The smallest absolute Gasteiger partial charge is 0.240 e. The minimum atomic E-state index is -4.37. The maximum atomic E-state index is 12.4. The van der Waals surface area contributed by atoms with Crippen molar-refractivity contribution in [3.05, 3.63) is 47.8 Å². The van der Waals surface area contributed by atoms with E-state index in [-0.39, 0.29) is 0 Å². The van der Waals surface area contributed by atoms with Crippen LogP contribution in [0.5, 0.6) is 0 Å². The van der Waals surface area contributed by atoms with E-state index in [4.69, 9.17) is 11.6 Å².